The molecule has 2 nitrogen and oxygen atoms in total. The van der Waals surface area contributed by atoms with E-state index >= 15 is 0 Å². The monoisotopic (exact) mass is 316 g/mol. The van der Waals surface area contributed by atoms with E-state index in [-0.39, 0.29) is 0 Å². The van der Waals surface area contributed by atoms with Crippen LogP contribution >= 0.6 is 0 Å². The number of hydrogen-bond donors (Lipinski definition) is 0. The number of benzene rings is 2. The van der Waals surface area contributed by atoms with Crippen molar-refractivity contribution in [3.8, 4) is 24.2 Å². The molecule has 2 aromatic rings. The Balaban J connectivity index is 2.19. The molecule has 0 atom stereocenters. The van der Waals surface area contributed by atoms with E-state index in [2.05, 4.69) is 23.8 Å². The molecule has 2 rings (SSSR count). The fraction of sp³-hybridized carbons (Fsp3) is 0.227. The van der Waals surface area contributed by atoms with E-state index in [0.29, 0.717) is 12.0 Å². The van der Waals surface area contributed by atoms with Gasteiger partial charge < -0.3 is 4.74 Å². The van der Waals surface area contributed by atoms with Crippen molar-refractivity contribution < 1.29 is 9.53 Å². The highest BCUT2D eigenvalue weighted by Gasteiger charge is 2.06. The quantitative estimate of drug-likeness (QED) is 0.349. The maximum atomic E-state index is 11.9. The van der Waals surface area contributed by atoms with Crippen LogP contribution in [0.3, 0.4) is 0 Å². The van der Waals surface area contributed by atoms with Crippen molar-refractivity contribution in [3.05, 3.63) is 53.6 Å². The predicted octanol–water partition coefficient (Wildman–Crippen LogP) is 4.59. The van der Waals surface area contributed by atoms with Gasteiger partial charge in [-0.05, 0) is 41.3 Å². The molecular formula is C22H20O2. The Hall–Kier alpha value is -2.97. The van der Waals surface area contributed by atoms with E-state index in [1.165, 1.54) is 7.11 Å². The summed E-state index contributed by atoms with van der Waals surface area (Å²) in [6, 6.07) is 14.1. The molecule has 0 radical (unpaired) electrons. The Morgan fingerprint density at radius 3 is 2.62 bits per heavy atom. The normalized spacial score (nSPS) is 10.6. The first-order chi connectivity index (χ1) is 11.7. The van der Waals surface area contributed by atoms with E-state index in [0.717, 1.165) is 35.6 Å². The van der Waals surface area contributed by atoms with Crippen LogP contribution < -0.4 is 0 Å². The van der Waals surface area contributed by atoms with Crippen molar-refractivity contribution in [1.29, 1.82) is 0 Å². The van der Waals surface area contributed by atoms with Crippen molar-refractivity contribution >= 4 is 22.8 Å². The highest BCUT2D eigenvalue weighted by Crippen LogP contribution is 2.17. The number of esters is 1. The zero-order valence-electron chi connectivity index (χ0n) is 13.8. The van der Waals surface area contributed by atoms with Crippen LogP contribution in [0.2, 0.25) is 0 Å². The van der Waals surface area contributed by atoms with Crippen molar-refractivity contribution in [1.82, 2.24) is 0 Å². The van der Waals surface area contributed by atoms with Gasteiger partial charge in [-0.1, -0.05) is 48.2 Å². The lowest BCUT2D eigenvalue weighted by atomic mass is 10.0. The molecule has 0 aliphatic rings. The molecule has 0 aromatic heterocycles. The number of unbranched alkanes of at least 4 members (excludes halogenated alkanes) is 3. The lowest BCUT2D eigenvalue weighted by molar-refractivity contribution is -0.135. The molecule has 0 bridgehead atoms. The summed E-state index contributed by atoms with van der Waals surface area (Å²) in [5.41, 5.74) is 1.29. The van der Waals surface area contributed by atoms with Gasteiger partial charge in [-0.3, -0.25) is 0 Å². The number of ether oxygens (including phenoxy) is 1. The molecular weight excluding hydrogens is 296 g/mol. The highest BCUT2D eigenvalue weighted by molar-refractivity contribution is 5.99. The van der Waals surface area contributed by atoms with Crippen LogP contribution in [0.1, 0.15) is 31.2 Å². The molecule has 0 aliphatic carbocycles. The van der Waals surface area contributed by atoms with Gasteiger partial charge in [0.25, 0.3) is 0 Å². The number of carbonyl (C=O) groups excluding carboxylic acids is 1. The number of terminal acetylenes is 1. The fourth-order valence-corrected chi connectivity index (χ4v) is 2.32. The van der Waals surface area contributed by atoms with Gasteiger partial charge in [0.15, 0.2) is 0 Å². The average molecular weight is 316 g/mol. The topological polar surface area (TPSA) is 26.3 Å². The van der Waals surface area contributed by atoms with Crippen LogP contribution in [0.5, 0.6) is 0 Å². The Morgan fingerprint density at radius 1 is 1.12 bits per heavy atom. The summed E-state index contributed by atoms with van der Waals surface area (Å²) in [6.07, 6.45) is 10.4. The molecule has 0 amide bonds. The van der Waals surface area contributed by atoms with Crippen molar-refractivity contribution in [2.45, 2.75) is 25.7 Å². The first-order valence-corrected chi connectivity index (χ1v) is 7.96. The minimum atomic E-state index is -0.417. The third kappa shape index (κ3) is 5.04. The van der Waals surface area contributed by atoms with Gasteiger partial charge in [0.2, 0.25) is 0 Å². The van der Waals surface area contributed by atoms with Gasteiger partial charge in [0.1, 0.15) is 5.57 Å². The highest BCUT2D eigenvalue weighted by atomic mass is 16.5. The summed E-state index contributed by atoms with van der Waals surface area (Å²) in [5, 5.41) is 2.28. The zero-order chi connectivity index (χ0) is 17.2. The average Bonchev–Trinajstić information content (AvgIpc) is 2.62. The van der Waals surface area contributed by atoms with E-state index in [9.17, 15) is 4.79 Å². The van der Waals surface area contributed by atoms with Crippen molar-refractivity contribution in [2.24, 2.45) is 0 Å². The molecule has 0 unspecified atom stereocenters. The molecule has 0 heterocycles. The standard InChI is InChI=1S/C22H20O2/c1-3-4-5-6-7-8-13-21(22(23)24-2)17-18-14-15-19-11-9-10-12-20(19)16-18/h1,9-12,14-17H,4-7H2,2H3/b21-17+. The summed E-state index contributed by atoms with van der Waals surface area (Å²) >= 11 is 0. The largest absolute Gasteiger partial charge is 0.465 e. The third-order valence-electron chi connectivity index (χ3n) is 3.59. The second kappa shape index (κ2) is 9.23. The van der Waals surface area contributed by atoms with E-state index in [4.69, 9.17) is 11.2 Å². The summed E-state index contributed by atoms with van der Waals surface area (Å²) in [7, 11) is 1.37. The Morgan fingerprint density at radius 2 is 1.88 bits per heavy atom. The van der Waals surface area contributed by atoms with Gasteiger partial charge in [0.05, 0.1) is 7.11 Å². The van der Waals surface area contributed by atoms with Crippen LogP contribution in [-0.2, 0) is 9.53 Å². The first kappa shape index (κ1) is 17.4. The van der Waals surface area contributed by atoms with Crippen molar-refractivity contribution in [2.75, 3.05) is 7.11 Å². The molecule has 0 saturated heterocycles. The minimum Gasteiger partial charge on any atom is -0.465 e. The van der Waals surface area contributed by atoms with Gasteiger partial charge >= 0.3 is 5.97 Å². The van der Waals surface area contributed by atoms with Gasteiger partial charge in [0, 0.05) is 12.8 Å². The molecule has 0 spiro atoms. The zero-order valence-corrected chi connectivity index (χ0v) is 13.8. The maximum Gasteiger partial charge on any atom is 0.346 e. The van der Waals surface area contributed by atoms with Crippen LogP contribution in [0, 0.1) is 24.2 Å². The van der Waals surface area contributed by atoms with Crippen LogP contribution in [0.15, 0.2) is 48.0 Å². The van der Waals surface area contributed by atoms with Crippen LogP contribution in [0.4, 0.5) is 0 Å². The summed E-state index contributed by atoms with van der Waals surface area (Å²) in [5.74, 6) is 8.15. The maximum absolute atomic E-state index is 11.9. The summed E-state index contributed by atoms with van der Waals surface area (Å²) in [4.78, 5) is 11.9. The number of fused-ring (bicyclic) bond motifs is 1. The predicted molar refractivity (Wildman–Crippen MR) is 99.0 cm³/mol. The molecule has 24 heavy (non-hydrogen) atoms. The van der Waals surface area contributed by atoms with Gasteiger partial charge in [-0.25, -0.2) is 4.79 Å². The lowest BCUT2D eigenvalue weighted by Gasteiger charge is -2.01. The van der Waals surface area contributed by atoms with Crippen LogP contribution in [-0.4, -0.2) is 13.1 Å². The second-order valence-electron chi connectivity index (χ2n) is 5.37. The minimum absolute atomic E-state index is 0.365. The van der Waals surface area contributed by atoms with Crippen LogP contribution in [0.25, 0.3) is 16.8 Å². The molecule has 2 aromatic carbocycles. The first-order valence-electron chi connectivity index (χ1n) is 7.96. The van der Waals surface area contributed by atoms with Crippen molar-refractivity contribution in [3.63, 3.8) is 0 Å². The SMILES string of the molecule is C#CCCCCC#C/C(=C\c1ccc2ccccc2c1)C(=O)OC. The second-order valence-corrected chi connectivity index (χ2v) is 5.37. The summed E-state index contributed by atoms with van der Waals surface area (Å²) < 4.78 is 4.83. The Labute approximate surface area is 143 Å². The third-order valence-corrected chi connectivity index (χ3v) is 3.59. The molecule has 0 aliphatic heterocycles. The van der Waals surface area contributed by atoms with E-state index in [1.54, 1.807) is 6.08 Å². The fourth-order valence-electron chi connectivity index (χ4n) is 2.32. The number of hydrogen-bond acceptors (Lipinski definition) is 2. The number of rotatable bonds is 5. The number of methoxy groups -OCH3 is 1. The van der Waals surface area contributed by atoms with E-state index in [1.807, 2.05) is 36.4 Å². The van der Waals surface area contributed by atoms with Gasteiger partial charge in [-0.15, -0.1) is 12.3 Å². The molecule has 0 saturated carbocycles. The lowest BCUT2D eigenvalue weighted by Crippen LogP contribution is -2.02. The molecule has 120 valence electrons. The smallest absolute Gasteiger partial charge is 0.346 e. The Kier molecular flexibility index (Phi) is 6.69. The number of carbonyl (C=O) groups is 1. The molecule has 2 heteroatoms. The molecule has 0 fully saturated rings. The van der Waals surface area contributed by atoms with Gasteiger partial charge in [-0.2, -0.15) is 0 Å². The molecule has 0 N–H and O–H groups in total. The van der Waals surface area contributed by atoms with E-state index < -0.39 is 5.97 Å². The summed E-state index contributed by atoms with van der Waals surface area (Å²) in [6.45, 7) is 0. The Bertz CT molecular complexity index is 841.